The number of rotatable bonds is 4. The quantitative estimate of drug-likeness (QED) is 0.349. The number of aryl methyl sites for hydroxylation is 3. The Labute approximate surface area is 205 Å². The van der Waals surface area contributed by atoms with E-state index < -0.39 is 0 Å². The smallest absolute Gasteiger partial charge is 0.174 e. The van der Waals surface area contributed by atoms with Gasteiger partial charge in [0.05, 0.1) is 17.8 Å². The topological polar surface area (TPSA) is 33.1 Å². The van der Waals surface area contributed by atoms with Gasteiger partial charge in [0.1, 0.15) is 5.82 Å². The van der Waals surface area contributed by atoms with Gasteiger partial charge >= 0.3 is 0 Å². The Balaban J connectivity index is 1.69. The third-order valence-corrected chi connectivity index (χ3v) is 7.04. The summed E-state index contributed by atoms with van der Waals surface area (Å²) in [6.45, 7) is 8.37. The van der Waals surface area contributed by atoms with Crippen molar-refractivity contribution >= 4 is 23.0 Å². The van der Waals surface area contributed by atoms with Crippen LogP contribution in [0.2, 0.25) is 0 Å². The lowest BCUT2D eigenvalue weighted by Gasteiger charge is -2.28. The second kappa shape index (κ2) is 8.69. The van der Waals surface area contributed by atoms with Crippen LogP contribution in [0, 0.1) is 33.5 Å². The molecule has 6 heteroatoms. The van der Waals surface area contributed by atoms with Crippen LogP contribution in [0.3, 0.4) is 0 Å². The highest BCUT2D eigenvalue weighted by Crippen LogP contribution is 2.44. The predicted molar refractivity (Wildman–Crippen MR) is 139 cm³/mol. The van der Waals surface area contributed by atoms with Gasteiger partial charge in [0.15, 0.2) is 5.11 Å². The van der Waals surface area contributed by atoms with Gasteiger partial charge in [-0.15, -0.1) is 0 Å². The first-order chi connectivity index (χ1) is 16.3. The van der Waals surface area contributed by atoms with E-state index in [1.165, 1.54) is 17.2 Å². The summed E-state index contributed by atoms with van der Waals surface area (Å²) in [5.41, 5.74) is 8.45. The molecular weight excluding hydrogens is 443 g/mol. The van der Waals surface area contributed by atoms with E-state index in [1.54, 1.807) is 12.1 Å². The maximum Gasteiger partial charge on any atom is 0.174 e. The lowest BCUT2D eigenvalue weighted by molar-refractivity contribution is 0.565. The highest BCUT2D eigenvalue weighted by Gasteiger charge is 2.42. The lowest BCUT2D eigenvalue weighted by Crippen LogP contribution is -2.29. The number of anilines is 1. The van der Waals surface area contributed by atoms with Crippen molar-refractivity contribution in [1.82, 2.24) is 14.9 Å². The van der Waals surface area contributed by atoms with Crippen molar-refractivity contribution in [3.63, 3.8) is 0 Å². The molecule has 0 bridgehead atoms. The third-order valence-electron chi connectivity index (χ3n) is 6.72. The van der Waals surface area contributed by atoms with Gasteiger partial charge in [-0.3, -0.25) is 4.98 Å². The van der Waals surface area contributed by atoms with E-state index in [4.69, 9.17) is 12.2 Å². The summed E-state index contributed by atoms with van der Waals surface area (Å²) in [4.78, 5) is 6.85. The van der Waals surface area contributed by atoms with Crippen LogP contribution < -0.4 is 10.2 Å². The zero-order valence-electron chi connectivity index (χ0n) is 19.7. The summed E-state index contributed by atoms with van der Waals surface area (Å²) in [6, 6.07) is 21.0. The van der Waals surface area contributed by atoms with E-state index in [0.29, 0.717) is 5.11 Å². The second-order valence-electron chi connectivity index (χ2n) is 8.91. The molecule has 0 aliphatic carbocycles. The first-order valence-electron chi connectivity index (χ1n) is 11.4. The molecule has 3 heterocycles. The number of aromatic nitrogens is 2. The molecule has 34 heavy (non-hydrogen) atoms. The van der Waals surface area contributed by atoms with Crippen molar-refractivity contribution in [2.24, 2.45) is 0 Å². The number of nitrogens with zero attached hydrogens (tertiary/aromatic N) is 3. The fourth-order valence-electron chi connectivity index (χ4n) is 4.92. The van der Waals surface area contributed by atoms with Crippen LogP contribution in [-0.2, 0) is 0 Å². The minimum atomic E-state index is -0.251. The highest BCUT2D eigenvalue weighted by molar-refractivity contribution is 7.80. The molecule has 0 unspecified atom stereocenters. The third kappa shape index (κ3) is 3.78. The largest absolute Gasteiger partial charge is 0.351 e. The van der Waals surface area contributed by atoms with Crippen LogP contribution in [0.25, 0.3) is 5.69 Å². The molecule has 2 aromatic heterocycles. The fraction of sp³-hybridized carbons (Fsp3) is 0.214. The number of halogens is 1. The Bertz CT molecular complexity index is 1380. The lowest BCUT2D eigenvalue weighted by atomic mass is 9.96. The number of hydrogen-bond acceptors (Lipinski definition) is 2. The molecule has 2 aromatic carbocycles. The molecule has 1 saturated heterocycles. The monoisotopic (exact) mass is 470 g/mol. The van der Waals surface area contributed by atoms with Crippen LogP contribution in [-0.4, -0.2) is 14.7 Å². The van der Waals surface area contributed by atoms with Crippen molar-refractivity contribution in [2.75, 3.05) is 4.90 Å². The van der Waals surface area contributed by atoms with Crippen molar-refractivity contribution in [3.8, 4) is 5.69 Å². The van der Waals surface area contributed by atoms with Gasteiger partial charge < -0.3 is 14.8 Å². The van der Waals surface area contributed by atoms with Gasteiger partial charge in [-0.25, -0.2) is 4.39 Å². The molecule has 4 aromatic rings. The first kappa shape index (κ1) is 22.3. The molecule has 1 fully saturated rings. The summed E-state index contributed by atoms with van der Waals surface area (Å²) in [5, 5.41) is 4.20. The fourth-order valence-corrected chi connectivity index (χ4v) is 5.27. The van der Waals surface area contributed by atoms with Crippen molar-refractivity contribution in [2.45, 2.75) is 39.8 Å². The maximum absolute atomic E-state index is 14.1. The molecule has 5 rings (SSSR count). The van der Waals surface area contributed by atoms with Gasteiger partial charge in [-0.05, 0) is 105 Å². The maximum atomic E-state index is 14.1. The van der Waals surface area contributed by atoms with Gasteiger partial charge in [-0.1, -0.05) is 18.2 Å². The Morgan fingerprint density at radius 2 is 1.71 bits per heavy atom. The van der Waals surface area contributed by atoms with Crippen molar-refractivity contribution in [3.05, 3.63) is 113 Å². The average molecular weight is 471 g/mol. The molecule has 4 nitrogen and oxygen atoms in total. The number of thiocarbonyl (C=S) groups is 1. The van der Waals surface area contributed by atoms with Crippen LogP contribution in [0.15, 0.2) is 72.9 Å². The molecule has 0 spiro atoms. The van der Waals surface area contributed by atoms with E-state index in [2.05, 4.69) is 71.7 Å². The molecule has 172 valence electrons. The summed E-state index contributed by atoms with van der Waals surface area (Å²) in [5.74, 6) is -0.251. The summed E-state index contributed by atoms with van der Waals surface area (Å²) in [7, 11) is 0. The normalized spacial score (nSPS) is 17.8. The SMILES string of the molecule is Cc1ccc(N2C(=S)N[C@H](c3ccccn3)[C@@H]2c2cc(C)n(-c3cccc(F)c3)c2C)cc1C. The minimum absolute atomic E-state index is 0.113. The Morgan fingerprint density at radius 3 is 2.41 bits per heavy atom. The van der Waals surface area contributed by atoms with Gasteiger partial charge in [0, 0.05) is 29.0 Å². The van der Waals surface area contributed by atoms with Crippen LogP contribution in [0.1, 0.15) is 45.9 Å². The predicted octanol–water partition coefficient (Wildman–Crippen LogP) is 6.42. The molecule has 0 saturated carbocycles. The van der Waals surface area contributed by atoms with E-state index in [1.807, 2.05) is 30.5 Å². The molecule has 1 aliphatic heterocycles. The molecule has 0 amide bonds. The van der Waals surface area contributed by atoms with Gasteiger partial charge in [0.2, 0.25) is 0 Å². The van der Waals surface area contributed by atoms with Crippen LogP contribution in [0.5, 0.6) is 0 Å². The summed E-state index contributed by atoms with van der Waals surface area (Å²) >= 11 is 5.88. The van der Waals surface area contributed by atoms with Gasteiger partial charge in [0.25, 0.3) is 0 Å². The number of pyridine rings is 1. The standard InChI is InChI=1S/C28H27FN4S/c1-17-11-12-23(14-18(17)2)33-27(26(31-28(33)34)25-10-5-6-13-30-25)24-15-19(3)32(20(24)4)22-9-7-8-21(29)16-22/h5-16,26-27H,1-4H3,(H,31,34)/t26-,27+/m1/s1. The summed E-state index contributed by atoms with van der Waals surface area (Å²) in [6.07, 6.45) is 1.81. The van der Waals surface area contributed by atoms with E-state index >= 15 is 0 Å². The minimum Gasteiger partial charge on any atom is -0.351 e. The Hall–Kier alpha value is -3.51. The van der Waals surface area contributed by atoms with E-state index in [9.17, 15) is 4.39 Å². The molecule has 2 atom stereocenters. The zero-order valence-corrected chi connectivity index (χ0v) is 20.5. The van der Waals surface area contributed by atoms with E-state index in [0.717, 1.165) is 34.0 Å². The zero-order chi connectivity index (χ0) is 24.0. The Morgan fingerprint density at radius 1 is 0.882 bits per heavy atom. The number of benzene rings is 2. The highest BCUT2D eigenvalue weighted by atomic mass is 32.1. The number of nitrogens with one attached hydrogen (secondary N) is 1. The van der Waals surface area contributed by atoms with Crippen molar-refractivity contribution < 1.29 is 4.39 Å². The molecular formula is C28H27FN4S. The molecule has 0 radical (unpaired) electrons. The summed E-state index contributed by atoms with van der Waals surface area (Å²) < 4.78 is 16.2. The first-order valence-corrected chi connectivity index (χ1v) is 11.8. The molecule has 1 aliphatic rings. The van der Waals surface area contributed by atoms with Gasteiger partial charge in [-0.2, -0.15) is 0 Å². The van der Waals surface area contributed by atoms with Crippen molar-refractivity contribution in [1.29, 1.82) is 0 Å². The Kier molecular flexibility index (Phi) is 5.70. The van der Waals surface area contributed by atoms with Crippen LogP contribution in [0.4, 0.5) is 10.1 Å². The van der Waals surface area contributed by atoms with E-state index in [-0.39, 0.29) is 17.9 Å². The average Bonchev–Trinajstić information content (AvgIpc) is 3.31. The van der Waals surface area contributed by atoms with Crippen LogP contribution >= 0.6 is 12.2 Å². The molecule has 1 N–H and O–H groups in total. The number of hydrogen-bond donors (Lipinski definition) is 1. The second-order valence-corrected chi connectivity index (χ2v) is 9.29.